The minimum atomic E-state index is -0.0279. The summed E-state index contributed by atoms with van der Waals surface area (Å²) in [4.78, 5) is 11.5. The summed E-state index contributed by atoms with van der Waals surface area (Å²) in [7, 11) is 0. The Bertz CT molecular complexity index is 2670. The molecule has 65 heavy (non-hydrogen) atoms. The van der Waals surface area contributed by atoms with E-state index in [0.717, 1.165) is 11.7 Å². The summed E-state index contributed by atoms with van der Waals surface area (Å²) < 4.78 is 0. The maximum atomic E-state index is 6.15. The van der Waals surface area contributed by atoms with Crippen molar-refractivity contribution < 1.29 is 0 Å². The summed E-state index contributed by atoms with van der Waals surface area (Å²) in [6, 6.07) is 32.5. The zero-order valence-electron chi connectivity index (χ0n) is 43.2. The summed E-state index contributed by atoms with van der Waals surface area (Å²) in [6.07, 6.45) is 10.0. The highest BCUT2D eigenvalue weighted by Crippen LogP contribution is 2.55. The van der Waals surface area contributed by atoms with Crippen LogP contribution in [-0.4, -0.2) is 11.7 Å². The predicted octanol–water partition coefficient (Wildman–Crippen LogP) is 14.9. The van der Waals surface area contributed by atoms with Crippen LogP contribution >= 0.6 is 0 Å². The van der Waals surface area contributed by atoms with Gasteiger partial charge in [0.1, 0.15) is 5.82 Å². The van der Waals surface area contributed by atoms with E-state index in [9.17, 15) is 0 Å². The molecule has 1 aromatic heterocycles. The average Bonchev–Trinajstić information content (AvgIpc) is 3.23. The monoisotopic (exact) mass is 864 g/mol. The molecule has 3 saturated carbocycles. The van der Waals surface area contributed by atoms with Crippen LogP contribution in [0, 0.1) is 5.92 Å². The lowest BCUT2D eigenvalue weighted by molar-refractivity contribution is 0.132. The number of anilines is 6. The van der Waals surface area contributed by atoms with Crippen molar-refractivity contribution >= 4 is 57.4 Å². The first kappa shape index (κ1) is 44.5. The molecule has 2 aliphatic heterocycles. The van der Waals surface area contributed by atoms with Gasteiger partial charge >= 0.3 is 0 Å². The SMILES string of the molecule is CC(C)(C)c1ccc(N2c3ccc(C(C)(C)C)cc3B3c4cc5c(cc4N(c4cc(C(C)(C)C)cc(C(C)(C)C)c4)c4cc(C67CCC(CC6)CC7)nc2c43)C(C)(C)CCC5(C)C)cc1. The van der Waals surface area contributed by atoms with Crippen LogP contribution in [0.25, 0.3) is 0 Å². The van der Waals surface area contributed by atoms with Crippen molar-refractivity contribution in [1.29, 1.82) is 0 Å². The van der Waals surface area contributed by atoms with E-state index in [-0.39, 0.29) is 44.6 Å². The molecule has 3 nitrogen and oxygen atoms in total. The first-order valence-corrected chi connectivity index (χ1v) is 25.4. The van der Waals surface area contributed by atoms with E-state index in [1.165, 1.54) is 135 Å². The summed E-state index contributed by atoms with van der Waals surface area (Å²) >= 11 is 0. The number of hydrogen-bond donors (Lipinski definition) is 0. The van der Waals surface area contributed by atoms with E-state index in [1.54, 1.807) is 0 Å². The Morgan fingerprint density at radius 2 is 0.985 bits per heavy atom. The van der Waals surface area contributed by atoms with Crippen LogP contribution in [0.2, 0.25) is 0 Å². The number of nitrogens with zero attached hydrogens (tertiary/aromatic N) is 3. The molecule has 0 atom stereocenters. The minimum absolute atomic E-state index is 0.0133. The highest BCUT2D eigenvalue weighted by molar-refractivity contribution is 7.00. The molecule has 3 heterocycles. The fourth-order valence-corrected chi connectivity index (χ4v) is 12.5. The molecule has 3 fully saturated rings. The third-order valence-electron chi connectivity index (χ3n) is 17.3. The highest BCUT2D eigenvalue weighted by Gasteiger charge is 2.50. The number of fused-ring (bicyclic) bond motifs is 8. The molecule has 2 bridgehead atoms. The molecule has 0 spiro atoms. The second-order valence-corrected chi connectivity index (χ2v) is 26.9. The molecule has 0 amide bonds. The Morgan fingerprint density at radius 3 is 1.52 bits per heavy atom. The van der Waals surface area contributed by atoms with Gasteiger partial charge in [0, 0.05) is 33.9 Å². The van der Waals surface area contributed by atoms with Crippen molar-refractivity contribution in [3.8, 4) is 0 Å². The fraction of sp³-hybridized carbons (Fsp3) is 0.525. The molecule has 5 aromatic rings. The molecule has 4 aliphatic carbocycles. The summed E-state index contributed by atoms with van der Waals surface area (Å²) in [5.74, 6) is 2.00. The molecule has 340 valence electrons. The van der Waals surface area contributed by atoms with E-state index in [0.29, 0.717) is 0 Å². The van der Waals surface area contributed by atoms with E-state index >= 15 is 0 Å². The first-order chi connectivity index (χ1) is 30.2. The first-order valence-electron chi connectivity index (χ1n) is 25.4. The third kappa shape index (κ3) is 7.24. The van der Waals surface area contributed by atoms with Gasteiger partial charge in [-0.2, -0.15) is 0 Å². The molecule has 0 saturated heterocycles. The smallest absolute Gasteiger partial charge is 0.254 e. The van der Waals surface area contributed by atoms with Crippen LogP contribution in [0.4, 0.5) is 34.3 Å². The normalized spacial score (nSPS) is 22.0. The Balaban J connectivity index is 1.37. The third-order valence-corrected chi connectivity index (χ3v) is 17.3. The van der Waals surface area contributed by atoms with Gasteiger partial charge < -0.3 is 4.90 Å². The maximum Gasteiger partial charge on any atom is 0.254 e. The number of pyridine rings is 1. The van der Waals surface area contributed by atoms with Crippen LogP contribution in [0.1, 0.15) is 201 Å². The molecule has 0 unspecified atom stereocenters. The zero-order chi connectivity index (χ0) is 46.6. The van der Waals surface area contributed by atoms with E-state index < -0.39 is 0 Å². The second kappa shape index (κ2) is 14.4. The van der Waals surface area contributed by atoms with Gasteiger partial charge in [-0.3, -0.25) is 4.90 Å². The topological polar surface area (TPSA) is 19.4 Å². The molecule has 4 heteroatoms. The second-order valence-electron chi connectivity index (χ2n) is 26.9. The van der Waals surface area contributed by atoms with Gasteiger partial charge in [-0.1, -0.05) is 147 Å². The lowest BCUT2D eigenvalue weighted by Crippen LogP contribution is -2.62. The number of aromatic nitrogens is 1. The van der Waals surface area contributed by atoms with Crippen molar-refractivity contribution in [3.05, 3.63) is 118 Å². The lowest BCUT2D eigenvalue weighted by Gasteiger charge is -2.49. The predicted molar refractivity (Wildman–Crippen MR) is 281 cm³/mol. The minimum Gasteiger partial charge on any atom is -0.311 e. The quantitative estimate of drug-likeness (QED) is 0.165. The average molecular weight is 864 g/mol. The van der Waals surface area contributed by atoms with Crippen molar-refractivity contribution in [2.24, 2.45) is 5.92 Å². The van der Waals surface area contributed by atoms with Crippen LogP contribution in [-0.2, 0) is 37.9 Å². The largest absolute Gasteiger partial charge is 0.311 e. The molecule has 11 rings (SSSR count). The number of rotatable bonds is 3. The molecular formula is C61H78BN3. The van der Waals surface area contributed by atoms with Gasteiger partial charge in [0.25, 0.3) is 6.71 Å². The van der Waals surface area contributed by atoms with Gasteiger partial charge in [0.15, 0.2) is 0 Å². The van der Waals surface area contributed by atoms with Crippen molar-refractivity contribution in [1.82, 2.24) is 4.98 Å². The zero-order valence-corrected chi connectivity index (χ0v) is 43.2. The fourth-order valence-electron chi connectivity index (χ4n) is 12.5. The summed E-state index contributed by atoms with van der Waals surface area (Å²) in [6.45, 7) is 38.4. The summed E-state index contributed by atoms with van der Waals surface area (Å²) in [5.41, 5.74) is 20.6. The number of hydrogen-bond acceptors (Lipinski definition) is 3. The Labute approximate surface area is 394 Å². The van der Waals surface area contributed by atoms with Gasteiger partial charge in [0.05, 0.1) is 5.69 Å². The van der Waals surface area contributed by atoms with Crippen molar-refractivity contribution in [2.75, 3.05) is 9.80 Å². The number of benzene rings is 4. The molecule has 6 aliphatic rings. The molecular weight excluding hydrogens is 786 g/mol. The Kier molecular flexibility index (Phi) is 9.83. The highest BCUT2D eigenvalue weighted by atomic mass is 15.2. The van der Waals surface area contributed by atoms with Gasteiger partial charge in [-0.25, -0.2) is 4.98 Å². The molecule has 0 N–H and O–H groups in total. The lowest BCUT2D eigenvalue weighted by atomic mass is 9.33. The van der Waals surface area contributed by atoms with Crippen LogP contribution < -0.4 is 26.2 Å². The standard InChI is InChI=1S/C61H78BN3/c1-55(2,3)39-17-20-43(21-18-39)65-49-22-19-40(56(4,5)6)34-47(49)62-48-35-45-46(60(15,16)30-29-59(45,13)14)36-50(48)64(44-32-41(57(7,8)9)31-42(33-44)58(10,11)12)51-37-52(63-54(65)53(51)62)61-26-23-38(24-27-61)25-28-61/h17-22,31-38H,23-30H2,1-16H3. The maximum absolute atomic E-state index is 6.15. The molecule has 4 aromatic carbocycles. The van der Waals surface area contributed by atoms with E-state index in [4.69, 9.17) is 4.98 Å². The van der Waals surface area contributed by atoms with Crippen LogP contribution in [0.5, 0.6) is 0 Å². The summed E-state index contributed by atoms with van der Waals surface area (Å²) in [5, 5.41) is 0. The van der Waals surface area contributed by atoms with E-state index in [1.807, 2.05) is 0 Å². The molecule has 0 radical (unpaired) electrons. The van der Waals surface area contributed by atoms with Gasteiger partial charge in [-0.15, -0.1) is 0 Å². The Morgan fingerprint density at radius 1 is 0.477 bits per heavy atom. The van der Waals surface area contributed by atoms with Crippen molar-refractivity contribution in [3.63, 3.8) is 0 Å². The van der Waals surface area contributed by atoms with Gasteiger partial charge in [-0.05, 0) is 182 Å². The van der Waals surface area contributed by atoms with Crippen LogP contribution in [0.3, 0.4) is 0 Å². The Hall–Kier alpha value is -4.31. The van der Waals surface area contributed by atoms with Crippen molar-refractivity contribution in [2.45, 2.75) is 200 Å². The van der Waals surface area contributed by atoms with Gasteiger partial charge in [0.2, 0.25) is 0 Å². The van der Waals surface area contributed by atoms with Crippen LogP contribution in [0.15, 0.2) is 78.9 Å². The van der Waals surface area contributed by atoms with E-state index in [2.05, 4.69) is 199 Å².